The number of hydrogen-bond donors (Lipinski definition) is 1. The predicted octanol–water partition coefficient (Wildman–Crippen LogP) is 4.08. The van der Waals surface area contributed by atoms with Crippen LogP contribution in [0.2, 0.25) is 0 Å². The first-order valence-electron chi connectivity index (χ1n) is 9.03. The number of hydrogen-bond acceptors (Lipinski definition) is 5. The Morgan fingerprint density at radius 2 is 1.26 bits per heavy atom. The number of aliphatic hydroxyl groups is 1. The van der Waals surface area contributed by atoms with Crippen molar-refractivity contribution in [2.45, 2.75) is 68.4 Å². The Bertz CT molecular complexity index is 526. The summed E-state index contributed by atoms with van der Waals surface area (Å²) in [4.78, 5) is 0. The number of ether oxygens (including phenoxy) is 4. The van der Waals surface area contributed by atoms with Gasteiger partial charge in [-0.3, -0.25) is 0 Å². The summed E-state index contributed by atoms with van der Waals surface area (Å²) < 4.78 is 144. The lowest BCUT2D eigenvalue weighted by molar-refractivity contribution is -0.285. The third-order valence-electron chi connectivity index (χ3n) is 4.05. The number of halogens is 10. The lowest BCUT2D eigenvalue weighted by Gasteiger charge is -2.20. The zero-order chi connectivity index (χ0) is 23.9. The molecule has 0 aliphatic carbocycles. The molecule has 3 unspecified atom stereocenters. The molecule has 0 aromatic heterocycles. The molecule has 1 N–H and O–H groups in total. The Hall–Kier alpha value is -0.900. The smallest absolute Gasteiger partial charge is 0.391 e. The van der Waals surface area contributed by atoms with E-state index in [-0.39, 0.29) is 6.61 Å². The highest BCUT2D eigenvalue weighted by Crippen LogP contribution is 2.38. The van der Waals surface area contributed by atoms with E-state index in [1.165, 1.54) is 0 Å². The Balaban J connectivity index is 2.37. The molecular weight excluding hydrogens is 462 g/mol. The quantitative estimate of drug-likeness (QED) is 0.316. The van der Waals surface area contributed by atoms with E-state index in [2.05, 4.69) is 0 Å². The van der Waals surface area contributed by atoms with E-state index >= 15 is 0 Å². The molecule has 1 aliphatic rings. The molecule has 0 spiro atoms. The van der Waals surface area contributed by atoms with E-state index < -0.39 is 94.8 Å². The molecule has 1 rings (SSSR count). The molecule has 1 saturated heterocycles. The van der Waals surface area contributed by atoms with Crippen LogP contribution in [-0.4, -0.2) is 80.8 Å². The van der Waals surface area contributed by atoms with Crippen molar-refractivity contribution in [3.63, 3.8) is 0 Å². The predicted molar refractivity (Wildman–Crippen MR) is 82.7 cm³/mol. The van der Waals surface area contributed by atoms with Gasteiger partial charge in [0.05, 0.1) is 26.4 Å². The minimum absolute atomic E-state index is 0.355. The fraction of sp³-hybridized carbons (Fsp3) is 1.00. The van der Waals surface area contributed by atoms with Crippen LogP contribution in [0.5, 0.6) is 0 Å². The largest absolute Gasteiger partial charge is 0.453 e. The average Bonchev–Trinajstić information content (AvgIpc) is 2.97. The van der Waals surface area contributed by atoms with Crippen molar-refractivity contribution >= 4 is 0 Å². The molecule has 1 heterocycles. The second-order valence-electron chi connectivity index (χ2n) is 6.81. The van der Waals surface area contributed by atoms with Gasteiger partial charge in [0.2, 0.25) is 0 Å². The summed E-state index contributed by atoms with van der Waals surface area (Å²) in [5.41, 5.74) is 0. The lowest BCUT2D eigenvalue weighted by atomic mass is 10.1. The van der Waals surface area contributed by atoms with Crippen molar-refractivity contribution in [3.8, 4) is 0 Å². The van der Waals surface area contributed by atoms with E-state index in [9.17, 15) is 43.9 Å². The SMILES string of the molecule is OCC1OC(COCCCC(F)(F)C(F)(F)F)C(COCCC(F)(F)CC(F)(F)F)O1. The van der Waals surface area contributed by atoms with E-state index in [0.717, 1.165) is 0 Å². The normalized spacial score (nSPS) is 23.5. The molecule has 1 fully saturated rings. The average molecular weight is 484 g/mol. The first-order valence-corrected chi connectivity index (χ1v) is 9.03. The fourth-order valence-electron chi connectivity index (χ4n) is 2.52. The second-order valence-corrected chi connectivity index (χ2v) is 6.81. The molecule has 0 bridgehead atoms. The van der Waals surface area contributed by atoms with E-state index in [0.29, 0.717) is 0 Å². The van der Waals surface area contributed by atoms with Crippen molar-refractivity contribution in [1.29, 1.82) is 0 Å². The highest BCUT2D eigenvalue weighted by molar-refractivity contribution is 4.79. The zero-order valence-electron chi connectivity index (χ0n) is 16.0. The molecule has 3 atom stereocenters. The fourth-order valence-corrected chi connectivity index (χ4v) is 2.52. The Kier molecular flexibility index (Phi) is 10.3. The van der Waals surface area contributed by atoms with Crippen LogP contribution in [0.4, 0.5) is 43.9 Å². The second kappa shape index (κ2) is 11.3. The summed E-state index contributed by atoms with van der Waals surface area (Å²) in [7, 11) is 0. The Labute approximate surface area is 170 Å². The maximum Gasteiger partial charge on any atom is 0.453 e. The summed E-state index contributed by atoms with van der Waals surface area (Å²) in [5, 5.41) is 9.04. The van der Waals surface area contributed by atoms with Crippen LogP contribution in [0.15, 0.2) is 0 Å². The number of rotatable bonds is 13. The maximum atomic E-state index is 13.2. The van der Waals surface area contributed by atoms with Gasteiger partial charge < -0.3 is 24.1 Å². The first kappa shape index (κ1) is 28.1. The maximum absolute atomic E-state index is 13.2. The van der Waals surface area contributed by atoms with Gasteiger partial charge in [-0.05, 0) is 6.42 Å². The Morgan fingerprint density at radius 1 is 0.742 bits per heavy atom. The van der Waals surface area contributed by atoms with Gasteiger partial charge in [0, 0.05) is 19.4 Å². The molecule has 0 aromatic carbocycles. The molecule has 1 aliphatic heterocycles. The number of alkyl halides is 10. The van der Waals surface area contributed by atoms with Crippen LogP contribution in [-0.2, 0) is 18.9 Å². The van der Waals surface area contributed by atoms with Crippen LogP contribution in [0.25, 0.3) is 0 Å². The third-order valence-corrected chi connectivity index (χ3v) is 4.05. The molecule has 0 amide bonds. The highest BCUT2D eigenvalue weighted by atomic mass is 19.4. The van der Waals surface area contributed by atoms with Gasteiger partial charge >= 0.3 is 18.3 Å². The van der Waals surface area contributed by atoms with Crippen molar-refractivity contribution in [2.24, 2.45) is 0 Å². The van der Waals surface area contributed by atoms with E-state index in [4.69, 9.17) is 24.1 Å². The third kappa shape index (κ3) is 10.5. The van der Waals surface area contributed by atoms with Crippen molar-refractivity contribution < 1.29 is 68.0 Å². The minimum Gasteiger partial charge on any atom is -0.391 e. The van der Waals surface area contributed by atoms with Crippen molar-refractivity contribution in [2.75, 3.05) is 33.0 Å². The summed E-state index contributed by atoms with van der Waals surface area (Å²) in [5.74, 6) is -8.89. The summed E-state index contributed by atoms with van der Waals surface area (Å²) >= 11 is 0. The van der Waals surface area contributed by atoms with Crippen LogP contribution in [0, 0.1) is 0 Å². The van der Waals surface area contributed by atoms with Gasteiger partial charge in [-0.1, -0.05) is 0 Å². The zero-order valence-corrected chi connectivity index (χ0v) is 16.0. The van der Waals surface area contributed by atoms with Crippen LogP contribution >= 0.6 is 0 Å². The van der Waals surface area contributed by atoms with E-state index in [1.807, 2.05) is 0 Å². The van der Waals surface area contributed by atoms with E-state index in [1.54, 1.807) is 0 Å². The van der Waals surface area contributed by atoms with Crippen molar-refractivity contribution in [1.82, 2.24) is 0 Å². The molecule has 186 valence electrons. The van der Waals surface area contributed by atoms with Gasteiger partial charge in [-0.2, -0.15) is 35.1 Å². The Morgan fingerprint density at radius 3 is 1.71 bits per heavy atom. The van der Waals surface area contributed by atoms with Gasteiger partial charge in [0.25, 0.3) is 5.92 Å². The lowest BCUT2D eigenvalue weighted by Crippen LogP contribution is -2.36. The van der Waals surface area contributed by atoms with Gasteiger partial charge in [-0.25, -0.2) is 8.78 Å². The molecule has 0 saturated carbocycles. The monoisotopic (exact) mass is 484 g/mol. The van der Waals surface area contributed by atoms with Crippen LogP contribution in [0.3, 0.4) is 0 Å². The highest BCUT2D eigenvalue weighted by Gasteiger charge is 2.56. The molecule has 0 radical (unpaired) electrons. The summed E-state index contributed by atoms with van der Waals surface area (Å²) in [6.45, 7) is -2.61. The van der Waals surface area contributed by atoms with Gasteiger partial charge in [-0.15, -0.1) is 0 Å². The van der Waals surface area contributed by atoms with Gasteiger partial charge in [0.15, 0.2) is 6.29 Å². The van der Waals surface area contributed by atoms with Crippen molar-refractivity contribution in [3.05, 3.63) is 0 Å². The molecular formula is C16H22F10O5. The van der Waals surface area contributed by atoms with Crippen LogP contribution < -0.4 is 0 Å². The topological polar surface area (TPSA) is 57.2 Å². The number of aliphatic hydroxyl groups excluding tert-OH is 1. The van der Waals surface area contributed by atoms with Gasteiger partial charge in [0.1, 0.15) is 18.6 Å². The summed E-state index contributed by atoms with van der Waals surface area (Å²) in [6, 6.07) is 0. The molecule has 31 heavy (non-hydrogen) atoms. The molecule has 0 aromatic rings. The summed E-state index contributed by atoms with van der Waals surface area (Å²) in [6.07, 6.45) is -19.5. The standard InChI is InChI=1S/C16H22F10O5/c17-13(18,9-15(21,22)23)3-5-29-8-11-10(30-12(6-27)31-11)7-28-4-1-2-14(19,20)16(24,25)26/h10-12,27H,1-9H2. The molecule has 5 nitrogen and oxygen atoms in total. The minimum atomic E-state index is -5.68. The first-order chi connectivity index (χ1) is 14.1. The molecule has 15 heteroatoms. The van der Waals surface area contributed by atoms with Crippen LogP contribution in [0.1, 0.15) is 25.7 Å².